The molecule has 0 fully saturated rings. The van der Waals surface area contributed by atoms with Crippen molar-refractivity contribution in [2.75, 3.05) is 0 Å². The predicted molar refractivity (Wildman–Crippen MR) is 138 cm³/mol. The number of aliphatic carboxylic acids is 1. The number of carbonyl (C=O) groups excluding carboxylic acids is 4. The summed E-state index contributed by atoms with van der Waals surface area (Å²) < 4.78 is 0. The fourth-order valence-electron chi connectivity index (χ4n) is 2.31. The normalized spacial score (nSPS) is 8.22. The Morgan fingerprint density at radius 1 is 0.622 bits per heavy atom. The van der Waals surface area contributed by atoms with Crippen molar-refractivity contribution < 1.29 is 29.1 Å². The second-order valence-corrected chi connectivity index (χ2v) is 6.93. The van der Waals surface area contributed by atoms with E-state index in [-0.39, 0.29) is 0 Å². The van der Waals surface area contributed by atoms with Crippen LogP contribution < -0.4 is 0 Å². The van der Waals surface area contributed by atoms with E-state index in [1.165, 1.54) is 42.0 Å². The molecule has 0 aromatic heterocycles. The van der Waals surface area contributed by atoms with Gasteiger partial charge in [0.2, 0.25) is 24.3 Å². The molecule has 0 aliphatic rings. The van der Waals surface area contributed by atoms with Gasteiger partial charge in [-0.1, -0.05) is 48.0 Å². The number of benzene rings is 3. The van der Waals surface area contributed by atoms with Crippen LogP contribution in [0.15, 0.2) is 86.7 Å². The van der Waals surface area contributed by atoms with E-state index in [2.05, 4.69) is 39.0 Å². The number of carbonyl (C=O) groups is 1. The first kappa shape index (κ1) is 31.6. The summed E-state index contributed by atoms with van der Waals surface area (Å²) in [7, 11) is 0. The van der Waals surface area contributed by atoms with Crippen LogP contribution in [0.5, 0.6) is 0 Å². The average Bonchev–Trinajstić information content (AvgIpc) is 2.85. The van der Waals surface area contributed by atoms with Crippen molar-refractivity contribution in [3.63, 3.8) is 0 Å². The molecule has 0 saturated carbocycles. The summed E-state index contributed by atoms with van der Waals surface area (Å²) in [5.74, 6) is -0.833. The third-order valence-corrected chi connectivity index (χ3v) is 4.01. The topological polar surface area (TPSA) is 155 Å². The van der Waals surface area contributed by atoms with Crippen LogP contribution in [0.2, 0.25) is 0 Å². The van der Waals surface area contributed by atoms with E-state index >= 15 is 0 Å². The first-order chi connectivity index (χ1) is 17.7. The molecule has 0 heterocycles. The monoisotopic (exact) mass is 500 g/mol. The lowest BCUT2D eigenvalue weighted by Gasteiger charge is -1.97. The molecule has 0 radical (unpaired) electrons. The van der Waals surface area contributed by atoms with Gasteiger partial charge in [0, 0.05) is 6.92 Å². The van der Waals surface area contributed by atoms with E-state index < -0.39 is 5.97 Å². The Kier molecular flexibility index (Phi) is 16.3. The number of isocyanates is 4. The van der Waals surface area contributed by atoms with Crippen molar-refractivity contribution >= 4 is 53.0 Å². The molecule has 3 aromatic carbocycles. The van der Waals surface area contributed by atoms with Gasteiger partial charge in [0.05, 0.1) is 22.7 Å². The van der Waals surface area contributed by atoms with E-state index in [9.17, 15) is 19.2 Å². The third-order valence-electron chi connectivity index (χ3n) is 4.01. The minimum absolute atomic E-state index is 0.426. The van der Waals surface area contributed by atoms with Gasteiger partial charge in [-0.25, -0.2) is 19.2 Å². The smallest absolute Gasteiger partial charge is 0.300 e. The number of hydrogen-bond acceptors (Lipinski definition) is 9. The van der Waals surface area contributed by atoms with E-state index in [0.29, 0.717) is 22.7 Å². The zero-order chi connectivity index (χ0) is 28.1. The molecule has 10 heteroatoms. The van der Waals surface area contributed by atoms with Crippen molar-refractivity contribution in [3.05, 3.63) is 83.4 Å². The number of nitrogens with zero attached hydrogens (tertiary/aromatic N) is 4. The van der Waals surface area contributed by atoms with Crippen molar-refractivity contribution in [2.45, 2.75) is 27.7 Å². The highest BCUT2D eigenvalue weighted by atomic mass is 16.4. The number of rotatable bonds is 4. The van der Waals surface area contributed by atoms with Crippen LogP contribution in [0.3, 0.4) is 0 Å². The summed E-state index contributed by atoms with van der Waals surface area (Å²) in [6.45, 7) is 6.76. The number of hydrogen-bond donors (Lipinski definition) is 1. The minimum atomic E-state index is -0.833. The maximum Gasteiger partial charge on any atom is 0.300 e. The molecule has 3 rings (SSSR count). The average molecular weight is 501 g/mol. The molecule has 0 aliphatic heterocycles. The Labute approximate surface area is 213 Å². The molecule has 37 heavy (non-hydrogen) atoms. The van der Waals surface area contributed by atoms with Crippen LogP contribution in [0.4, 0.5) is 22.7 Å². The zero-order valence-electron chi connectivity index (χ0n) is 20.6. The fraction of sp³-hybridized carbons (Fsp3) is 0.148. The predicted octanol–water partition coefficient (Wildman–Crippen LogP) is 5.95. The number of aryl methyl sites for hydroxylation is 3. The van der Waals surface area contributed by atoms with E-state index in [1.54, 1.807) is 38.1 Å². The lowest BCUT2D eigenvalue weighted by atomic mass is 10.2. The third kappa shape index (κ3) is 15.2. The standard InChI is InChI=1S/2C9H6N2O2.C7H8.C2H4O2/c2*1-7-2-3-8(10-5-12)4-9(7)11-6-13;1-7-5-3-2-4-6-7;1-2(3)4/h2*2-4H,1H3;2-6H,1H3;1H3,(H,3,4). The molecule has 0 saturated heterocycles. The quantitative estimate of drug-likeness (QED) is 0.345. The number of carboxylic acids is 1. The van der Waals surface area contributed by atoms with Gasteiger partial charge in [-0.05, 0) is 56.2 Å². The van der Waals surface area contributed by atoms with Gasteiger partial charge in [-0.2, -0.15) is 20.0 Å². The van der Waals surface area contributed by atoms with Crippen LogP contribution in [-0.4, -0.2) is 35.4 Å². The van der Waals surface area contributed by atoms with Crippen molar-refractivity contribution in [1.29, 1.82) is 0 Å². The molecule has 3 aromatic rings. The van der Waals surface area contributed by atoms with Gasteiger partial charge < -0.3 is 5.11 Å². The van der Waals surface area contributed by atoms with Crippen LogP contribution in [0.25, 0.3) is 0 Å². The molecular formula is C27H24N4O6. The lowest BCUT2D eigenvalue weighted by Crippen LogP contribution is -1.78. The van der Waals surface area contributed by atoms with Crippen LogP contribution in [-0.2, 0) is 24.0 Å². The molecule has 0 amide bonds. The Hall–Kier alpha value is -5.35. The highest BCUT2D eigenvalue weighted by Crippen LogP contribution is 2.24. The van der Waals surface area contributed by atoms with Gasteiger partial charge in [-0.15, -0.1) is 0 Å². The van der Waals surface area contributed by atoms with Crippen molar-refractivity contribution in [1.82, 2.24) is 0 Å². The lowest BCUT2D eigenvalue weighted by molar-refractivity contribution is -0.134. The van der Waals surface area contributed by atoms with E-state index in [1.807, 2.05) is 18.2 Å². The minimum Gasteiger partial charge on any atom is -0.481 e. The van der Waals surface area contributed by atoms with E-state index in [0.717, 1.165) is 18.1 Å². The second kappa shape index (κ2) is 19.0. The number of aliphatic imine (C=N–C) groups is 4. The highest BCUT2D eigenvalue weighted by molar-refractivity contribution is 5.63. The SMILES string of the molecule is CC(=O)O.Cc1ccc(N=C=O)cc1N=C=O.Cc1ccc(N=C=O)cc1N=C=O.Cc1ccccc1. The summed E-state index contributed by atoms with van der Waals surface area (Å²) in [6.07, 6.45) is 5.67. The van der Waals surface area contributed by atoms with Gasteiger partial charge in [0.1, 0.15) is 0 Å². The summed E-state index contributed by atoms with van der Waals surface area (Å²) in [5, 5.41) is 7.42. The largest absolute Gasteiger partial charge is 0.481 e. The molecule has 0 bridgehead atoms. The molecule has 1 N–H and O–H groups in total. The molecule has 188 valence electrons. The van der Waals surface area contributed by atoms with Crippen LogP contribution >= 0.6 is 0 Å². The highest BCUT2D eigenvalue weighted by Gasteiger charge is 1.98. The number of carboxylic acid groups (broad SMARTS) is 1. The maximum absolute atomic E-state index is 10.00. The van der Waals surface area contributed by atoms with Gasteiger partial charge in [-0.3, -0.25) is 4.79 Å². The van der Waals surface area contributed by atoms with Crippen LogP contribution in [0, 0.1) is 20.8 Å². The van der Waals surface area contributed by atoms with Crippen LogP contribution in [0.1, 0.15) is 23.6 Å². The fourth-order valence-corrected chi connectivity index (χ4v) is 2.31. The molecule has 0 aliphatic carbocycles. The Morgan fingerprint density at radius 3 is 1.24 bits per heavy atom. The van der Waals surface area contributed by atoms with Gasteiger partial charge in [0.25, 0.3) is 5.97 Å². The van der Waals surface area contributed by atoms with Gasteiger partial charge >= 0.3 is 0 Å². The molecule has 10 nitrogen and oxygen atoms in total. The van der Waals surface area contributed by atoms with Gasteiger partial charge in [0.15, 0.2) is 0 Å². The Bertz CT molecular complexity index is 1280. The van der Waals surface area contributed by atoms with Crippen molar-refractivity contribution in [3.8, 4) is 0 Å². The molecule has 0 atom stereocenters. The molecular weight excluding hydrogens is 476 g/mol. The Balaban J connectivity index is 0.000000507. The Morgan fingerprint density at radius 2 is 0.973 bits per heavy atom. The molecule has 0 unspecified atom stereocenters. The summed E-state index contributed by atoms with van der Waals surface area (Å²) in [4.78, 5) is 62.5. The second-order valence-electron chi connectivity index (χ2n) is 6.93. The summed E-state index contributed by atoms with van der Waals surface area (Å²) in [6, 6.07) is 20.0. The van der Waals surface area contributed by atoms with Crippen molar-refractivity contribution in [2.24, 2.45) is 20.0 Å². The summed E-state index contributed by atoms with van der Waals surface area (Å²) in [5.41, 5.74) is 4.76. The summed E-state index contributed by atoms with van der Waals surface area (Å²) >= 11 is 0. The zero-order valence-corrected chi connectivity index (χ0v) is 20.6. The first-order valence-corrected chi connectivity index (χ1v) is 10.4. The van der Waals surface area contributed by atoms with E-state index in [4.69, 9.17) is 9.90 Å². The molecule has 0 spiro atoms. The maximum atomic E-state index is 10.00. The first-order valence-electron chi connectivity index (χ1n) is 10.4.